The van der Waals surface area contributed by atoms with Crippen LogP contribution in [0.5, 0.6) is 0 Å². The minimum Gasteiger partial charge on any atom is -0.369 e. The van der Waals surface area contributed by atoms with E-state index in [9.17, 15) is 9.18 Å². The fraction of sp³-hybridized carbons (Fsp3) is 0.235. The van der Waals surface area contributed by atoms with Crippen LogP contribution >= 0.6 is 0 Å². The monoisotopic (exact) mass is 327 g/mol. The van der Waals surface area contributed by atoms with Gasteiger partial charge in [0.25, 0.3) is 0 Å². The van der Waals surface area contributed by atoms with E-state index in [4.69, 9.17) is 0 Å². The lowest BCUT2D eigenvalue weighted by atomic mass is 10.1. The highest BCUT2D eigenvalue weighted by molar-refractivity contribution is 5.77. The molecule has 0 fully saturated rings. The highest BCUT2D eigenvalue weighted by atomic mass is 19.1. The molecule has 24 heavy (non-hydrogen) atoms. The number of fused-ring (bicyclic) bond motifs is 1. The van der Waals surface area contributed by atoms with Gasteiger partial charge in [-0.15, -0.1) is 0 Å². The van der Waals surface area contributed by atoms with Gasteiger partial charge in [-0.2, -0.15) is 0 Å². The molecule has 0 radical (unpaired) electrons. The molecule has 3 rings (SSSR count). The molecule has 0 aliphatic heterocycles. The van der Waals surface area contributed by atoms with Crippen LogP contribution in [0.1, 0.15) is 24.9 Å². The second kappa shape index (κ2) is 7.08. The molecule has 0 aliphatic rings. The molecular formula is C17H18FN5O. The van der Waals surface area contributed by atoms with E-state index in [1.54, 1.807) is 36.9 Å². The number of anilines is 1. The van der Waals surface area contributed by atoms with Crippen molar-refractivity contribution in [2.24, 2.45) is 0 Å². The predicted molar refractivity (Wildman–Crippen MR) is 89.1 cm³/mol. The van der Waals surface area contributed by atoms with Crippen LogP contribution in [0.3, 0.4) is 0 Å². The summed E-state index contributed by atoms with van der Waals surface area (Å²) in [5.74, 6) is 0.450. The van der Waals surface area contributed by atoms with E-state index in [2.05, 4.69) is 20.6 Å². The molecule has 0 spiro atoms. The van der Waals surface area contributed by atoms with Crippen LogP contribution in [0.2, 0.25) is 0 Å². The summed E-state index contributed by atoms with van der Waals surface area (Å²) < 4.78 is 14.8. The Labute approximate surface area is 138 Å². The topological polar surface area (TPSA) is 71.3 Å². The number of rotatable bonds is 6. The van der Waals surface area contributed by atoms with Crippen LogP contribution < -0.4 is 10.6 Å². The van der Waals surface area contributed by atoms with E-state index in [1.807, 2.05) is 11.3 Å². The van der Waals surface area contributed by atoms with Crippen molar-refractivity contribution in [3.8, 4) is 0 Å². The fourth-order valence-corrected chi connectivity index (χ4v) is 2.43. The average molecular weight is 327 g/mol. The number of halogens is 1. The molecule has 0 aliphatic carbocycles. The van der Waals surface area contributed by atoms with Crippen LogP contribution in [-0.2, 0) is 4.79 Å². The zero-order valence-electron chi connectivity index (χ0n) is 13.2. The Kier molecular flexibility index (Phi) is 4.69. The SMILES string of the molecule is C[C@H](NC(=O)CCNc1cnc2cnccn12)c1ccc(F)cc1. The van der Waals surface area contributed by atoms with Crippen molar-refractivity contribution in [2.75, 3.05) is 11.9 Å². The fourth-order valence-electron chi connectivity index (χ4n) is 2.43. The Bertz CT molecular complexity index is 830. The first-order valence-electron chi connectivity index (χ1n) is 7.69. The lowest BCUT2D eigenvalue weighted by Gasteiger charge is -2.14. The Morgan fingerprint density at radius 3 is 2.88 bits per heavy atom. The van der Waals surface area contributed by atoms with Crippen molar-refractivity contribution in [1.29, 1.82) is 0 Å². The second-order valence-electron chi connectivity index (χ2n) is 5.47. The Morgan fingerprint density at radius 1 is 1.29 bits per heavy atom. The highest BCUT2D eigenvalue weighted by Crippen LogP contribution is 2.13. The lowest BCUT2D eigenvalue weighted by Crippen LogP contribution is -2.28. The van der Waals surface area contributed by atoms with Crippen LogP contribution in [0.4, 0.5) is 10.2 Å². The van der Waals surface area contributed by atoms with Crippen molar-refractivity contribution >= 4 is 17.4 Å². The van der Waals surface area contributed by atoms with Gasteiger partial charge in [-0.05, 0) is 24.6 Å². The van der Waals surface area contributed by atoms with E-state index < -0.39 is 0 Å². The summed E-state index contributed by atoms with van der Waals surface area (Å²) in [6.45, 7) is 2.36. The zero-order valence-corrected chi connectivity index (χ0v) is 13.2. The van der Waals surface area contributed by atoms with E-state index >= 15 is 0 Å². The number of carbonyl (C=O) groups excluding carboxylic acids is 1. The van der Waals surface area contributed by atoms with Gasteiger partial charge in [0.05, 0.1) is 18.4 Å². The maximum Gasteiger partial charge on any atom is 0.222 e. The molecule has 3 aromatic rings. The first-order valence-corrected chi connectivity index (χ1v) is 7.69. The molecule has 124 valence electrons. The van der Waals surface area contributed by atoms with Gasteiger partial charge < -0.3 is 10.6 Å². The number of nitrogens with zero attached hydrogens (tertiary/aromatic N) is 3. The average Bonchev–Trinajstić information content (AvgIpc) is 2.99. The van der Waals surface area contributed by atoms with E-state index in [0.29, 0.717) is 13.0 Å². The molecule has 2 aromatic heterocycles. The molecule has 6 nitrogen and oxygen atoms in total. The summed E-state index contributed by atoms with van der Waals surface area (Å²) in [6, 6.07) is 5.95. The molecule has 7 heteroatoms. The van der Waals surface area contributed by atoms with Crippen molar-refractivity contribution in [3.05, 3.63) is 60.4 Å². The normalized spacial score (nSPS) is 12.1. The third-order valence-corrected chi connectivity index (χ3v) is 3.72. The molecule has 2 N–H and O–H groups in total. The quantitative estimate of drug-likeness (QED) is 0.730. The van der Waals surface area contributed by atoms with Crippen molar-refractivity contribution in [2.45, 2.75) is 19.4 Å². The summed E-state index contributed by atoms with van der Waals surface area (Å²) in [5.41, 5.74) is 1.61. The summed E-state index contributed by atoms with van der Waals surface area (Å²) >= 11 is 0. The summed E-state index contributed by atoms with van der Waals surface area (Å²) in [6.07, 6.45) is 7.18. The van der Waals surface area contributed by atoms with Gasteiger partial charge in [-0.3, -0.25) is 14.2 Å². The Morgan fingerprint density at radius 2 is 2.08 bits per heavy atom. The minimum atomic E-state index is -0.287. The largest absolute Gasteiger partial charge is 0.369 e. The van der Waals surface area contributed by atoms with Crippen molar-refractivity contribution in [3.63, 3.8) is 0 Å². The molecule has 1 atom stereocenters. The summed E-state index contributed by atoms with van der Waals surface area (Å²) in [4.78, 5) is 20.2. The predicted octanol–water partition coefficient (Wildman–Crippen LogP) is 2.55. The first-order chi connectivity index (χ1) is 11.6. The number of aromatic nitrogens is 3. The zero-order chi connectivity index (χ0) is 16.9. The second-order valence-corrected chi connectivity index (χ2v) is 5.47. The molecule has 2 heterocycles. The smallest absolute Gasteiger partial charge is 0.222 e. The number of hydrogen-bond acceptors (Lipinski definition) is 4. The van der Waals surface area contributed by atoms with Gasteiger partial charge in [0.1, 0.15) is 11.6 Å². The van der Waals surface area contributed by atoms with Gasteiger partial charge in [-0.1, -0.05) is 12.1 Å². The Hall–Kier alpha value is -2.96. The number of nitrogens with one attached hydrogen (secondary N) is 2. The van der Waals surface area contributed by atoms with E-state index in [-0.39, 0.29) is 17.8 Å². The maximum atomic E-state index is 12.9. The molecular weight excluding hydrogens is 309 g/mol. The van der Waals surface area contributed by atoms with Crippen LogP contribution in [0.15, 0.2) is 49.1 Å². The van der Waals surface area contributed by atoms with E-state index in [1.165, 1.54) is 12.1 Å². The number of amides is 1. The molecule has 0 unspecified atom stereocenters. The van der Waals surface area contributed by atoms with Crippen LogP contribution in [0.25, 0.3) is 5.65 Å². The highest BCUT2D eigenvalue weighted by Gasteiger charge is 2.10. The van der Waals surface area contributed by atoms with E-state index in [0.717, 1.165) is 17.0 Å². The van der Waals surface area contributed by atoms with Gasteiger partial charge in [0.15, 0.2) is 5.65 Å². The third kappa shape index (κ3) is 3.68. The van der Waals surface area contributed by atoms with Crippen molar-refractivity contribution in [1.82, 2.24) is 19.7 Å². The number of carbonyl (C=O) groups is 1. The number of imidazole rings is 1. The maximum absolute atomic E-state index is 12.9. The first kappa shape index (κ1) is 15.9. The molecule has 0 saturated heterocycles. The molecule has 1 aromatic carbocycles. The van der Waals surface area contributed by atoms with Crippen molar-refractivity contribution < 1.29 is 9.18 Å². The van der Waals surface area contributed by atoms with Gasteiger partial charge in [0, 0.05) is 25.4 Å². The molecule has 0 saturated carbocycles. The Balaban J connectivity index is 1.49. The van der Waals surface area contributed by atoms with Crippen LogP contribution in [0, 0.1) is 5.82 Å². The molecule has 1 amide bonds. The third-order valence-electron chi connectivity index (χ3n) is 3.72. The minimum absolute atomic E-state index is 0.0742. The van der Waals surface area contributed by atoms with Crippen LogP contribution in [-0.4, -0.2) is 26.8 Å². The van der Waals surface area contributed by atoms with Gasteiger partial charge in [0.2, 0.25) is 5.91 Å². The summed E-state index contributed by atoms with van der Waals surface area (Å²) in [7, 11) is 0. The summed E-state index contributed by atoms with van der Waals surface area (Å²) in [5, 5.41) is 6.08. The number of benzene rings is 1. The number of hydrogen-bond donors (Lipinski definition) is 2. The standard InChI is InChI=1S/C17H18FN5O/c1-12(13-2-4-14(18)5-3-13)22-17(24)6-7-20-16-11-21-15-10-19-8-9-23(15)16/h2-5,8-12,20H,6-7H2,1H3,(H,22,24)/t12-/m0/s1. The lowest BCUT2D eigenvalue weighted by molar-refractivity contribution is -0.121. The van der Waals surface area contributed by atoms with Gasteiger partial charge >= 0.3 is 0 Å². The van der Waals surface area contributed by atoms with Gasteiger partial charge in [-0.25, -0.2) is 9.37 Å². The molecule has 0 bridgehead atoms.